The number of rotatable bonds is 5. The van der Waals surface area contributed by atoms with E-state index in [2.05, 4.69) is 26.6 Å². The Bertz CT molecular complexity index is 622. The van der Waals surface area contributed by atoms with Crippen molar-refractivity contribution in [1.29, 1.82) is 5.26 Å². The molecule has 134 valence electrons. The Morgan fingerprint density at radius 1 is 1.28 bits per heavy atom. The summed E-state index contributed by atoms with van der Waals surface area (Å²) in [5, 5.41) is 15.1. The number of urea groups is 1. The summed E-state index contributed by atoms with van der Waals surface area (Å²) in [6.45, 7) is 5.07. The summed E-state index contributed by atoms with van der Waals surface area (Å²) in [6.07, 6.45) is 6.49. The maximum atomic E-state index is 12.4. The van der Waals surface area contributed by atoms with Crippen molar-refractivity contribution >= 4 is 11.8 Å². The molecule has 3 rings (SSSR count). The summed E-state index contributed by atoms with van der Waals surface area (Å²) in [7, 11) is 0. The van der Waals surface area contributed by atoms with Crippen LogP contribution < -0.4 is 10.6 Å². The lowest BCUT2D eigenvalue weighted by Gasteiger charge is -2.37. The quantitative estimate of drug-likeness (QED) is 0.795. The van der Waals surface area contributed by atoms with E-state index in [0.29, 0.717) is 30.5 Å². The summed E-state index contributed by atoms with van der Waals surface area (Å²) in [5.41, 5.74) is 0.512. The number of hydrogen-bond acceptors (Lipinski definition) is 5. The topological polar surface area (TPSA) is 84.3 Å². The first-order valence-corrected chi connectivity index (χ1v) is 9.14. The second kappa shape index (κ2) is 8.67. The molecule has 3 heterocycles. The van der Waals surface area contributed by atoms with Gasteiger partial charge in [-0.25, -0.2) is 9.78 Å². The highest BCUT2D eigenvalue weighted by molar-refractivity contribution is 5.74. The number of anilines is 1. The lowest BCUT2D eigenvalue weighted by atomic mass is 10.0. The van der Waals surface area contributed by atoms with Gasteiger partial charge in [0.2, 0.25) is 0 Å². The number of nitrogens with zero attached hydrogens (tertiary/aromatic N) is 4. The molecule has 0 aliphatic carbocycles. The zero-order chi connectivity index (χ0) is 17.5. The Kier molecular flexibility index (Phi) is 6.07. The molecule has 1 unspecified atom stereocenters. The average molecular weight is 342 g/mol. The fraction of sp³-hybridized carbons (Fsp3) is 0.611. The molecule has 2 saturated heterocycles. The van der Waals surface area contributed by atoms with E-state index >= 15 is 0 Å². The van der Waals surface area contributed by atoms with Crippen molar-refractivity contribution in [2.24, 2.45) is 0 Å². The first-order chi connectivity index (χ1) is 12.3. The van der Waals surface area contributed by atoms with Crippen molar-refractivity contribution in [2.75, 3.05) is 44.6 Å². The number of aromatic nitrogens is 1. The van der Waals surface area contributed by atoms with Gasteiger partial charge in [-0.05, 0) is 50.9 Å². The molecule has 0 saturated carbocycles. The van der Waals surface area contributed by atoms with Gasteiger partial charge in [-0.2, -0.15) is 5.26 Å². The predicted molar refractivity (Wildman–Crippen MR) is 96.2 cm³/mol. The first-order valence-electron chi connectivity index (χ1n) is 9.14. The Morgan fingerprint density at radius 3 is 2.92 bits per heavy atom. The number of pyridine rings is 1. The van der Waals surface area contributed by atoms with Crippen LogP contribution in [0.15, 0.2) is 18.3 Å². The van der Waals surface area contributed by atoms with Gasteiger partial charge in [-0.1, -0.05) is 0 Å². The molecule has 1 atom stereocenters. The van der Waals surface area contributed by atoms with Crippen LogP contribution in [0.25, 0.3) is 0 Å². The second-order valence-electron chi connectivity index (χ2n) is 6.66. The minimum atomic E-state index is 0.00669. The molecule has 0 radical (unpaired) electrons. The average Bonchev–Trinajstić information content (AvgIpc) is 3.20. The van der Waals surface area contributed by atoms with E-state index in [-0.39, 0.29) is 6.03 Å². The van der Waals surface area contributed by atoms with Crippen molar-refractivity contribution in [1.82, 2.24) is 20.1 Å². The van der Waals surface area contributed by atoms with E-state index in [1.807, 2.05) is 4.90 Å². The van der Waals surface area contributed by atoms with Gasteiger partial charge in [0.05, 0.1) is 5.56 Å². The molecule has 0 aromatic carbocycles. The van der Waals surface area contributed by atoms with Crippen molar-refractivity contribution in [3.05, 3.63) is 23.9 Å². The van der Waals surface area contributed by atoms with Crippen LogP contribution >= 0.6 is 0 Å². The number of likely N-dealkylation sites (tertiary alicyclic amines) is 2. The fourth-order valence-electron chi connectivity index (χ4n) is 3.64. The molecular weight excluding hydrogens is 316 g/mol. The summed E-state index contributed by atoms with van der Waals surface area (Å²) >= 11 is 0. The molecule has 2 aliphatic rings. The molecule has 0 spiro atoms. The van der Waals surface area contributed by atoms with Crippen molar-refractivity contribution in [2.45, 2.75) is 31.7 Å². The van der Waals surface area contributed by atoms with Crippen LogP contribution in [-0.2, 0) is 0 Å². The standard InChI is InChI=1S/C18H26N6O/c19-13-15-5-3-7-20-17(15)21-8-9-22-18(25)24-12-4-6-16(14-24)23-10-1-2-11-23/h3,5,7,16H,1-2,4,6,8-12,14H2,(H,20,21)(H,22,25). The van der Waals surface area contributed by atoms with Crippen molar-refractivity contribution < 1.29 is 4.79 Å². The highest BCUT2D eigenvalue weighted by Gasteiger charge is 2.28. The molecule has 7 nitrogen and oxygen atoms in total. The molecule has 2 amide bonds. The minimum Gasteiger partial charge on any atom is -0.367 e. The molecule has 0 bridgehead atoms. The SMILES string of the molecule is N#Cc1cccnc1NCCNC(=O)N1CCCC(N2CCCC2)C1. The van der Waals surface area contributed by atoms with Crippen LogP contribution in [0.5, 0.6) is 0 Å². The van der Waals surface area contributed by atoms with E-state index in [4.69, 9.17) is 5.26 Å². The predicted octanol–water partition coefficient (Wildman–Crippen LogP) is 1.63. The van der Waals surface area contributed by atoms with E-state index in [1.54, 1.807) is 18.3 Å². The van der Waals surface area contributed by atoms with Gasteiger partial charge in [0.15, 0.2) is 0 Å². The number of carbonyl (C=O) groups excluding carboxylic acids is 1. The van der Waals surface area contributed by atoms with Gasteiger partial charge in [0.1, 0.15) is 11.9 Å². The summed E-state index contributed by atoms with van der Waals surface area (Å²) in [4.78, 5) is 21.0. The third-order valence-electron chi connectivity index (χ3n) is 4.96. The van der Waals surface area contributed by atoms with E-state index in [1.165, 1.54) is 32.4 Å². The molecule has 2 fully saturated rings. The molecule has 25 heavy (non-hydrogen) atoms. The van der Waals surface area contributed by atoms with Crippen LogP contribution in [0.4, 0.5) is 10.6 Å². The maximum absolute atomic E-state index is 12.4. The maximum Gasteiger partial charge on any atom is 0.317 e. The molecule has 7 heteroatoms. The monoisotopic (exact) mass is 342 g/mol. The van der Waals surface area contributed by atoms with Crippen LogP contribution in [-0.4, -0.2) is 66.1 Å². The van der Waals surface area contributed by atoms with Crippen LogP contribution in [0.1, 0.15) is 31.2 Å². The Morgan fingerprint density at radius 2 is 2.12 bits per heavy atom. The van der Waals surface area contributed by atoms with E-state index in [9.17, 15) is 4.79 Å². The van der Waals surface area contributed by atoms with Gasteiger partial charge in [-0.15, -0.1) is 0 Å². The zero-order valence-corrected chi connectivity index (χ0v) is 14.6. The summed E-state index contributed by atoms with van der Waals surface area (Å²) in [6, 6.07) is 6.09. The number of amides is 2. The van der Waals surface area contributed by atoms with E-state index < -0.39 is 0 Å². The number of nitriles is 1. The Hall–Kier alpha value is -2.33. The van der Waals surface area contributed by atoms with Gasteiger partial charge < -0.3 is 15.5 Å². The third-order valence-corrected chi connectivity index (χ3v) is 4.96. The molecule has 2 aliphatic heterocycles. The van der Waals surface area contributed by atoms with Crippen LogP contribution in [0.3, 0.4) is 0 Å². The number of hydrogen-bond donors (Lipinski definition) is 2. The number of piperidine rings is 1. The summed E-state index contributed by atoms with van der Waals surface area (Å²) < 4.78 is 0. The summed E-state index contributed by atoms with van der Waals surface area (Å²) in [5.74, 6) is 0.561. The molecular formula is C18H26N6O. The molecule has 1 aromatic heterocycles. The van der Waals surface area contributed by atoms with Gasteiger partial charge in [0, 0.05) is 38.4 Å². The normalized spacial score (nSPS) is 20.9. The third kappa shape index (κ3) is 4.60. The van der Waals surface area contributed by atoms with Gasteiger partial charge in [-0.3, -0.25) is 4.90 Å². The largest absolute Gasteiger partial charge is 0.367 e. The number of carbonyl (C=O) groups is 1. The lowest BCUT2D eigenvalue weighted by molar-refractivity contribution is 0.125. The lowest BCUT2D eigenvalue weighted by Crippen LogP contribution is -2.52. The van der Waals surface area contributed by atoms with Crippen molar-refractivity contribution in [3.8, 4) is 6.07 Å². The van der Waals surface area contributed by atoms with E-state index in [0.717, 1.165) is 19.5 Å². The highest BCUT2D eigenvalue weighted by Crippen LogP contribution is 2.20. The zero-order valence-electron chi connectivity index (χ0n) is 14.6. The molecule has 1 aromatic rings. The number of nitrogens with one attached hydrogen (secondary N) is 2. The van der Waals surface area contributed by atoms with Gasteiger partial charge >= 0.3 is 6.03 Å². The Balaban J connectivity index is 1.41. The van der Waals surface area contributed by atoms with Crippen molar-refractivity contribution in [3.63, 3.8) is 0 Å². The second-order valence-corrected chi connectivity index (χ2v) is 6.66. The van der Waals surface area contributed by atoms with Crippen LogP contribution in [0, 0.1) is 11.3 Å². The highest BCUT2D eigenvalue weighted by atomic mass is 16.2. The molecule has 2 N–H and O–H groups in total. The minimum absolute atomic E-state index is 0.00669. The fourth-order valence-corrected chi connectivity index (χ4v) is 3.64. The smallest absolute Gasteiger partial charge is 0.317 e. The van der Waals surface area contributed by atoms with Gasteiger partial charge in [0.25, 0.3) is 0 Å². The first kappa shape index (κ1) is 17.5. The van der Waals surface area contributed by atoms with Crippen LogP contribution in [0.2, 0.25) is 0 Å². The Labute approximate surface area is 149 Å².